The summed E-state index contributed by atoms with van der Waals surface area (Å²) in [6, 6.07) is 0. The highest BCUT2D eigenvalue weighted by Crippen LogP contribution is 2.39. The second-order valence-electron chi connectivity index (χ2n) is 4.76. The molecule has 1 amide bonds. The fourth-order valence-corrected chi connectivity index (χ4v) is 2.37. The second-order valence-corrected chi connectivity index (χ2v) is 5.29. The van der Waals surface area contributed by atoms with Crippen molar-refractivity contribution in [3.63, 3.8) is 0 Å². The van der Waals surface area contributed by atoms with E-state index in [9.17, 15) is 13.5 Å². The number of aliphatic carboxylic acids is 1. The van der Waals surface area contributed by atoms with E-state index in [2.05, 4.69) is 15.3 Å². The Morgan fingerprint density at radius 1 is 1.52 bits per heavy atom. The quantitative estimate of drug-likeness (QED) is 0.868. The molecule has 0 radical (unpaired) electrons. The molecular weight excluding hydrogens is 299 g/mol. The van der Waals surface area contributed by atoms with Crippen molar-refractivity contribution in [1.82, 2.24) is 19.3 Å². The summed E-state index contributed by atoms with van der Waals surface area (Å²) in [4.78, 5) is 31.0. The first-order valence-electron chi connectivity index (χ1n) is 6.27. The molecule has 2 aromatic rings. The number of halogens is 1. The van der Waals surface area contributed by atoms with Gasteiger partial charge in [-0.2, -0.15) is 0 Å². The maximum atomic E-state index is 12.9. The second kappa shape index (κ2) is 5.32. The molecule has 0 spiro atoms. The maximum absolute atomic E-state index is 12.9. The molecule has 2 aromatic heterocycles. The Morgan fingerprint density at radius 3 is 2.90 bits per heavy atom. The molecule has 0 aliphatic heterocycles. The number of carboxylic acids is 1. The predicted octanol–water partition coefficient (Wildman–Crippen LogP) is 1.50. The standard InChI is InChI=1S/C12H11FN4O3S/c13-21-17-5-7(12(20)15-4-9(18)19)10-11(17)14-3-8(16-10)6-1-2-6/h3,5-6H,1-2,4H2,(H,15,20)(H,18,19). The van der Waals surface area contributed by atoms with Crippen molar-refractivity contribution >= 4 is 35.4 Å². The van der Waals surface area contributed by atoms with Crippen LogP contribution in [-0.2, 0) is 4.79 Å². The number of aromatic nitrogens is 3. The topological polar surface area (TPSA) is 97.1 Å². The Balaban J connectivity index is 2.01. The van der Waals surface area contributed by atoms with E-state index in [0.29, 0.717) is 5.92 Å². The Kier molecular flexibility index (Phi) is 3.50. The van der Waals surface area contributed by atoms with Gasteiger partial charge in [0.1, 0.15) is 12.1 Å². The van der Waals surface area contributed by atoms with Crippen LogP contribution in [0, 0.1) is 0 Å². The highest BCUT2D eigenvalue weighted by atomic mass is 32.2. The van der Waals surface area contributed by atoms with Crippen LogP contribution in [0.5, 0.6) is 0 Å². The zero-order chi connectivity index (χ0) is 15.0. The lowest BCUT2D eigenvalue weighted by Gasteiger charge is -2.01. The number of amides is 1. The Bertz CT molecular complexity index is 729. The highest BCUT2D eigenvalue weighted by Gasteiger charge is 2.27. The van der Waals surface area contributed by atoms with Gasteiger partial charge in [0.15, 0.2) is 18.0 Å². The van der Waals surface area contributed by atoms with Crippen molar-refractivity contribution in [3.8, 4) is 0 Å². The molecule has 1 fully saturated rings. The molecule has 1 aliphatic carbocycles. The van der Waals surface area contributed by atoms with Gasteiger partial charge in [0.2, 0.25) is 0 Å². The van der Waals surface area contributed by atoms with Crippen molar-refractivity contribution in [2.45, 2.75) is 18.8 Å². The van der Waals surface area contributed by atoms with E-state index in [1.54, 1.807) is 6.20 Å². The average molecular weight is 310 g/mol. The van der Waals surface area contributed by atoms with Crippen LogP contribution in [0.25, 0.3) is 11.2 Å². The minimum atomic E-state index is -1.16. The summed E-state index contributed by atoms with van der Waals surface area (Å²) >= 11 is -0.0914. The molecule has 21 heavy (non-hydrogen) atoms. The lowest BCUT2D eigenvalue weighted by molar-refractivity contribution is -0.135. The van der Waals surface area contributed by atoms with Gasteiger partial charge in [0.05, 0.1) is 17.5 Å². The third-order valence-corrected chi connectivity index (χ3v) is 3.62. The average Bonchev–Trinajstić information content (AvgIpc) is 3.25. The first-order chi connectivity index (χ1) is 10.1. The first-order valence-corrected chi connectivity index (χ1v) is 6.94. The summed E-state index contributed by atoms with van der Waals surface area (Å²) in [5, 5.41) is 10.8. The number of rotatable bonds is 5. The van der Waals surface area contributed by atoms with Gasteiger partial charge in [-0.1, -0.05) is 0 Å². The van der Waals surface area contributed by atoms with Crippen LogP contribution in [0.3, 0.4) is 0 Å². The van der Waals surface area contributed by atoms with Crippen LogP contribution in [-0.4, -0.2) is 37.5 Å². The number of nitrogens with zero attached hydrogens (tertiary/aromatic N) is 3. The summed E-state index contributed by atoms with van der Waals surface area (Å²) < 4.78 is 14.0. The SMILES string of the molecule is O=C(O)CNC(=O)c1cn(SF)c2ncc(C3CC3)nc12. The van der Waals surface area contributed by atoms with E-state index in [1.807, 2.05) is 0 Å². The molecule has 0 bridgehead atoms. The maximum Gasteiger partial charge on any atom is 0.322 e. The number of carboxylic acid groups (broad SMARTS) is 1. The third kappa shape index (κ3) is 2.68. The summed E-state index contributed by atoms with van der Waals surface area (Å²) in [6.07, 6.45) is 4.91. The molecule has 2 N–H and O–H groups in total. The van der Waals surface area contributed by atoms with Gasteiger partial charge in [-0.05, 0) is 12.8 Å². The fourth-order valence-electron chi connectivity index (χ4n) is 2.02. The van der Waals surface area contributed by atoms with Crippen LogP contribution in [0.2, 0.25) is 0 Å². The number of hydrogen-bond acceptors (Lipinski definition) is 5. The normalized spacial score (nSPS) is 14.3. The molecule has 0 aromatic carbocycles. The van der Waals surface area contributed by atoms with Gasteiger partial charge >= 0.3 is 5.97 Å². The number of nitrogens with one attached hydrogen (secondary N) is 1. The monoisotopic (exact) mass is 310 g/mol. The van der Waals surface area contributed by atoms with Crippen molar-refractivity contribution in [3.05, 3.63) is 23.7 Å². The first kappa shape index (κ1) is 13.8. The summed E-state index contributed by atoms with van der Waals surface area (Å²) in [5.74, 6) is -1.42. The molecule has 2 heterocycles. The van der Waals surface area contributed by atoms with Gasteiger partial charge in [-0.3, -0.25) is 9.59 Å². The van der Waals surface area contributed by atoms with Gasteiger partial charge in [-0.15, -0.1) is 3.89 Å². The minimum Gasteiger partial charge on any atom is -0.480 e. The number of hydrogen-bond donors (Lipinski definition) is 2. The summed E-state index contributed by atoms with van der Waals surface area (Å²) in [6.45, 7) is -0.510. The van der Waals surface area contributed by atoms with E-state index in [1.165, 1.54) is 6.20 Å². The molecule has 0 atom stereocenters. The van der Waals surface area contributed by atoms with E-state index in [4.69, 9.17) is 5.11 Å². The Labute approximate surface area is 123 Å². The Hall–Kier alpha value is -2.16. The molecule has 1 saturated carbocycles. The number of carbonyl (C=O) groups excluding carboxylic acids is 1. The zero-order valence-corrected chi connectivity index (χ0v) is 11.6. The van der Waals surface area contributed by atoms with Crippen molar-refractivity contribution in [2.24, 2.45) is 0 Å². The molecule has 7 nitrogen and oxygen atoms in total. The van der Waals surface area contributed by atoms with Crippen LogP contribution < -0.4 is 5.32 Å². The summed E-state index contributed by atoms with van der Waals surface area (Å²) in [7, 11) is 0. The van der Waals surface area contributed by atoms with Crippen molar-refractivity contribution in [2.75, 3.05) is 6.54 Å². The van der Waals surface area contributed by atoms with Crippen molar-refractivity contribution in [1.29, 1.82) is 0 Å². The molecule has 1 aliphatic rings. The lowest BCUT2D eigenvalue weighted by atomic mass is 10.2. The zero-order valence-electron chi connectivity index (χ0n) is 10.7. The van der Waals surface area contributed by atoms with Crippen LogP contribution in [0.4, 0.5) is 3.89 Å². The minimum absolute atomic E-state index is 0.0914. The highest BCUT2D eigenvalue weighted by molar-refractivity contribution is 7.92. The lowest BCUT2D eigenvalue weighted by Crippen LogP contribution is -2.29. The van der Waals surface area contributed by atoms with E-state index in [-0.39, 0.29) is 29.1 Å². The van der Waals surface area contributed by atoms with Crippen LogP contribution in [0.15, 0.2) is 12.4 Å². The molecule has 0 unspecified atom stereocenters. The number of carbonyl (C=O) groups is 2. The molecule has 3 rings (SSSR count). The number of fused-ring (bicyclic) bond motifs is 1. The van der Waals surface area contributed by atoms with E-state index in [0.717, 1.165) is 22.5 Å². The third-order valence-electron chi connectivity index (χ3n) is 3.20. The van der Waals surface area contributed by atoms with Gasteiger partial charge in [0.25, 0.3) is 5.91 Å². The predicted molar refractivity (Wildman–Crippen MR) is 73.6 cm³/mol. The summed E-state index contributed by atoms with van der Waals surface area (Å²) in [5.41, 5.74) is 1.42. The smallest absolute Gasteiger partial charge is 0.322 e. The molecule has 0 saturated heterocycles. The molecule has 110 valence electrons. The largest absolute Gasteiger partial charge is 0.480 e. The Morgan fingerprint density at radius 2 is 2.29 bits per heavy atom. The van der Waals surface area contributed by atoms with E-state index < -0.39 is 18.4 Å². The van der Waals surface area contributed by atoms with Crippen LogP contribution >= 0.6 is 12.3 Å². The van der Waals surface area contributed by atoms with Crippen LogP contribution in [0.1, 0.15) is 34.8 Å². The fraction of sp³-hybridized carbons (Fsp3) is 0.333. The molecular formula is C12H11FN4O3S. The van der Waals surface area contributed by atoms with Gasteiger partial charge < -0.3 is 10.4 Å². The van der Waals surface area contributed by atoms with Gasteiger partial charge in [-0.25, -0.2) is 13.9 Å². The van der Waals surface area contributed by atoms with E-state index >= 15 is 0 Å². The van der Waals surface area contributed by atoms with Gasteiger partial charge in [0, 0.05) is 12.1 Å². The molecule has 9 heteroatoms. The van der Waals surface area contributed by atoms with Crippen molar-refractivity contribution < 1.29 is 18.6 Å².